The highest BCUT2D eigenvalue weighted by Gasteiger charge is 2.49. The van der Waals surface area contributed by atoms with Gasteiger partial charge < -0.3 is 10.7 Å². The van der Waals surface area contributed by atoms with Gasteiger partial charge in [-0.2, -0.15) is 0 Å². The first-order valence-corrected chi connectivity index (χ1v) is 7.95. The molecule has 1 aromatic rings. The second-order valence-corrected chi connectivity index (χ2v) is 7.35. The van der Waals surface area contributed by atoms with Crippen LogP contribution in [0.5, 0.6) is 0 Å². The number of hydrogen-bond acceptors (Lipinski definition) is 2. The Morgan fingerprint density at radius 2 is 1.84 bits per heavy atom. The molecule has 0 spiro atoms. The van der Waals surface area contributed by atoms with Crippen molar-refractivity contribution < 1.29 is 0 Å². The van der Waals surface area contributed by atoms with Crippen LogP contribution in [-0.2, 0) is 6.42 Å². The summed E-state index contributed by atoms with van der Waals surface area (Å²) >= 11 is 0. The second kappa shape index (κ2) is 4.34. The molecule has 1 unspecified atom stereocenters. The van der Waals surface area contributed by atoms with E-state index in [1.54, 1.807) is 6.33 Å². The minimum Gasteiger partial charge on any atom is -0.348 e. The Labute approximate surface area is 115 Å². The van der Waals surface area contributed by atoms with Crippen LogP contribution < -0.4 is 5.73 Å². The smallest absolute Gasteiger partial charge is 0.0925 e. The van der Waals surface area contributed by atoms with Gasteiger partial charge in [0.25, 0.3) is 0 Å². The molecule has 3 heteroatoms. The maximum absolute atomic E-state index is 6.61. The van der Waals surface area contributed by atoms with Gasteiger partial charge in [0.05, 0.1) is 12.0 Å². The van der Waals surface area contributed by atoms with Crippen molar-refractivity contribution in [2.45, 2.75) is 51.5 Å². The fourth-order valence-electron chi connectivity index (χ4n) is 5.62. The monoisotopic (exact) mass is 259 g/mol. The molecule has 4 bridgehead atoms. The zero-order chi connectivity index (χ0) is 13.0. The van der Waals surface area contributed by atoms with Gasteiger partial charge in [-0.25, -0.2) is 4.98 Å². The van der Waals surface area contributed by atoms with E-state index in [1.807, 2.05) is 0 Å². The molecule has 104 valence electrons. The summed E-state index contributed by atoms with van der Waals surface area (Å²) in [5.74, 6) is 4.69. The summed E-state index contributed by atoms with van der Waals surface area (Å²) < 4.78 is 0. The van der Waals surface area contributed by atoms with Crippen molar-refractivity contribution in [3.05, 3.63) is 17.7 Å². The van der Waals surface area contributed by atoms with E-state index in [0.29, 0.717) is 6.04 Å². The zero-order valence-corrected chi connectivity index (χ0v) is 11.8. The van der Waals surface area contributed by atoms with Crippen molar-refractivity contribution >= 4 is 0 Å². The highest BCUT2D eigenvalue weighted by atomic mass is 14.9. The maximum atomic E-state index is 6.61. The molecule has 1 atom stereocenters. The van der Waals surface area contributed by atoms with Crippen LogP contribution in [-0.4, -0.2) is 16.0 Å². The number of rotatable bonds is 3. The van der Waals surface area contributed by atoms with Gasteiger partial charge in [0.2, 0.25) is 0 Å². The maximum Gasteiger partial charge on any atom is 0.0925 e. The van der Waals surface area contributed by atoms with Gasteiger partial charge in [0.15, 0.2) is 0 Å². The molecule has 4 aliphatic rings. The van der Waals surface area contributed by atoms with Crippen molar-refractivity contribution in [2.75, 3.05) is 0 Å². The minimum atomic E-state index is 0.317. The minimum absolute atomic E-state index is 0.317. The molecule has 4 saturated carbocycles. The first kappa shape index (κ1) is 12.0. The van der Waals surface area contributed by atoms with Gasteiger partial charge in [0, 0.05) is 18.2 Å². The van der Waals surface area contributed by atoms with Crippen LogP contribution in [0.4, 0.5) is 0 Å². The number of aryl methyl sites for hydroxylation is 1. The van der Waals surface area contributed by atoms with E-state index < -0.39 is 0 Å². The molecule has 1 aromatic heterocycles. The van der Waals surface area contributed by atoms with Crippen LogP contribution >= 0.6 is 0 Å². The largest absolute Gasteiger partial charge is 0.348 e. The van der Waals surface area contributed by atoms with Crippen LogP contribution in [0.15, 0.2) is 6.33 Å². The topological polar surface area (TPSA) is 54.7 Å². The van der Waals surface area contributed by atoms with Crippen LogP contribution in [0, 0.1) is 36.5 Å². The van der Waals surface area contributed by atoms with E-state index in [4.69, 9.17) is 5.73 Å². The Kier molecular flexibility index (Phi) is 2.73. The fourth-order valence-corrected chi connectivity index (χ4v) is 5.62. The molecule has 3 nitrogen and oxygen atoms in total. The van der Waals surface area contributed by atoms with E-state index in [2.05, 4.69) is 16.9 Å². The second-order valence-electron chi connectivity index (χ2n) is 7.35. The Balaban J connectivity index is 1.51. The first-order chi connectivity index (χ1) is 9.20. The lowest BCUT2D eigenvalue weighted by atomic mass is 9.50. The van der Waals surface area contributed by atoms with Crippen molar-refractivity contribution in [2.24, 2.45) is 35.3 Å². The highest BCUT2D eigenvalue weighted by Crippen LogP contribution is 2.57. The summed E-state index contributed by atoms with van der Waals surface area (Å²) in [7, 11) is 0. The van der Waals surface area contributed by atoms with Gasteiger partial charge in [-0.05, 0) is 68.6 Å². The predicted molar refractivity (Wildman–Crippen MR) is 75.5 cm³/mol. The highest BCUT2D eigenvalue weighted by molar-refractivity contribution is 5.12. The van der Waals surface area contributed by atoms with E-state index in [-0.39, 0.29) is 0 Å². The molecule has 0 radical (unpaired) electrons. The summed E-state index contributed by atoms with van der Waals surface area (Å²) in [6.45, 7) is 2.10. The third-order valence-electron chi connectivity index (χ3n) is 6.16. The summed E-state index contributed by atoms with van der Waals surface area (Å²) in [4.78, 5) is 7.61. The zero-order valence-electron chi connectivity index (χ0n) is 11.8. The standard InChI is InChI=1S/C16H25N3/c1-9-15(19-8-18-9)7-14(17)16-12-3-10-2-11(5-12)6-13(16)4-10/h8,10-14,16H,2-7,17H2,1H3,(H,18,19). The van der Waals surface area contributed by atoms with Gasteiger partial charge in [-0.3, -0.25) is 0 Å². The lowest BCUT2D eigenvalue weighted by molar-refractivity contribution is -0.0465. The molecule has 4 fully saturated rings. The molecular formula is C16H25N3. The molecule has 3 N–H and O–H groups in total. The third-order valence-corrected chi connectivity index (χ3v) is 6.16. The van der Waals surface area contributed by atoms with Crippen LogP contribution in [0.3, 0.4) is 0 Å². The SMILES string of the molecule is Cc1[nH]cnc1CC(N)C1C2CC3CC(C2)CC1C3. The van der Waals surface area contributed by atoms with Gasteiger partial charge in [-0.1, -0.05) is 0 Å². The van der Waals surface area contributed by atoms with E-state index in [9.17, 15) is 0 Å². The van der Waals surface area contributed by atoms with E-state index >= 15 is 0 Å². The number of aromatic amines is 1. The van der Waals surface area contributed by atoms with E-state index in [1.165, 1.54) is 43.5 Å². The molecule has 5 rings (SSSR count). The molecule has 4 aliphatic carbocycles. The summed E-state index contributed by atoms with van der Waals surface area (Å²) in [6.07, 6.45) is 10.1. The van der Waals surface area contributed by atoms with Crippen molar-refractivity contribution in [3.63, 3.8) is 0 Å². The number of aromatic nitrogens is 2. The Morgan fingerprint density at radius 3 is 2.37 bits per heavy atom. The summed E-state index contributed by atoms with van der Waals surface area (Å²) in [5, 5.41) is 0. The van der Waals surface area contributed by atoms with Crippen molar-refractivity contribution in [1.29, 1.82) is 0 Å². The Morgan fingerprint density at radius 1 is 1.21 bits per heavy atom. The van der Waals surface area contributed by atoms with E-state index in [0.717, 1.165) is 36.0 Å². The number of nitrogens with one attached hydrogen (secondary N) is 1. The lowest BCUT2D eigenvalue weighted by Crippen LogP contribution is -2.52. The number of hydrogen-bond donors (Lipinski definition) is 2. The van der Waals surface area contributed by atoms with Crippen molar-refractivity contribution in [1.82, 2.24) is 9.97 Å². The summed E-state index contributed by atoms with van der Waals surface area (Å²) in [5.41, 5.74) is 8.98. The number of nitrogens with zero attached hydrogens (tertiary/aromatic N) is 1. The normalized spacial score (nSPS) is 41.7. The van der Waals surface area contributed by atoms with Gasteiger partial charge in [-0.15, -0.1) is 0 Å². The van der Waals surface area contributed by atoms with Crippen LogP contribution in [0.1, 0.15) is 43.5 Å². The molecular weight excluding hydrogens is 234 g/mol. The van der Waals surface area contributed by atoms with Crippen LogP contribution in [0.25, 0.3) is 0 Å². The summed E-state index contributed by atoms with van der Waals surface area (Å²) in [6, 6.07) is 0.317. The average molecular weight is 259 g/mol. The lowest BCUT2D eigenvalue weighted by Gasteiger charge is -2.56. The quantitative estimate of drug-likeness (QED) is 0.877. The number of H-pyrrole nitrogens is 1. The van der Waals surface area contributed by atoms with Gasteiger partial charge >= 0.3 is 0 Å². The van der Waals surface area contributed by atoms with Crippen molar-refractivity contribution in [3.8, 4) is 0 Å². The Hall–Kier alpha value is -0.830. The fraction of sp³-hybridized carbons (Fsp3) is 0.812. The van der Waals surface area contributed by atoms with Crippen LogP contribution in [0.2, 0.25) is 0 Å². The molecule has 0 amide bonds. The molecule has 0 aromatic carbocycles. The first-order valence-electron chi connectivity index (χ1n) is 7.95. The number of nitrogens with two attached hydrogens (primary N) is 1. The van der Waals surface area contributed by atoms with Gasteiger partial charge in [0.1, 0.15) is 0 Å². The molecule has 0 saturated heterocycles. The number of imidazole rings is 1. The predicted octanol–water partition coefficient (Wildman–Crippen LogP) is 2.66. The third kappa shape index (κ3) is 1.94. The average Bonchev–Trinajstić information content (AvgIpc) is 2.73. The molecule has 1 heterocycles. The molecule has 0 aliphatic heterocycles. The Bertz CT molecular complexity index is 436. The molecule has 19 heavy (non-hydrogen) atoms.